The van der Waals surface area contributed by atoms with Gasteiger partial charge < -0.3 is 5.11 Å². The highest BCUT2D eigenvalue weighted by molar-refractivity contribution is 5.98. The summed E-state index contributed by atoms with van der Waals surface area (Å²) in [4.78, 5) is 12.0. The Morgan fingerprint density at radius 1 is 1.21 bits per heavy atom. The quantitative estimate of drug-likeness (QED) is 0.839. The van der Waals surface area contributed by atoms with Crippen molar-refractivity contribution in [2.24, 2.45) is 13.0 Å². The number of nitrogens with zero attached hydrogens (tertiary/aromatic N) is 2. The Morgan fingerprint density at radius 2 is 1.68 bits per heavy atom. The minimum Gasteiger partial charge on any atom is -0.393 e. The van der Waals surface area contributed by atoms with E-state index >= 15 is 0 Å². The lowest BCUT2D eigenvalue weighted by Crippen LogP contribution is -2.34. The molecule has 1 fully saturated rings. The van der Waals surface area contributed by atoms with Gasteiger partial charge in [0.05, 0.1) is 6.10 Å². The number of ketones is 1. The molecule has 110 valence electrons. The van der Waals surface area contributed by atoms with Crippen LogP contribution in [-0.4, -0.2) is 26.8 Å². The van der Waals surface area contributed by atoms with Gasteiger partial charge in [-0.1, -0.05) is 27.7 Å². The molecule has 0 amide bonds. The normalized spacial score (nSPS) is 20.4. The van der Waals surface area contributed by atoms with Crippen molar-refractivity contribution in [3.8, 4) is 0 Å². The number of hydrogen-bond acceptors (Lipinski definition) is 3. The number of carbonyl (C=O) groups excluding carboxylic acids is 1. The molecule has 4 nitrogen and oxygen atoms in total. The third-order valence-corrected chi connectivity index (χ3v) is 3.35. The number of Topliss-reactive ketones (excluding diaryl/α,β-unsaturated/α-hetero) is 1. The minimum atomic E-state index is -0.288. The van der Waals surface area contributed by atoms with E-state index in [1.165, 1.54) is 0 Å². The summed E-state index contributed by atoms with van der Waals surface area (Å²) < 4.78 is 1.73. The van der Waals surface area contributed by atoms with Crippen LogP contribution in [0.3, 0.4) is 0 Å². The highest BCUT2D eigenvalue weighted by atomic mass is 16.3. The molecule has 1 saturated carbocycles. The first kappa shape index (κ1) is 17.8. The van der Waals surface area contributed by atoms with Gasteiger partial charge in [0, 0.05) is 24.2 Å². The summed E-state index contributed by atoms with van der Waals surface area (Å²) in [5.41, 5.74) is 2.56. The number of carbonyl (C=O) groups is 1. The van der Waals surface area contributed by atoms with E-state index in [-0.39, 0.29) is 17.8 Å². The third-order valence-electron chi connectivity index (χ3n) is 3.35. The standard InChI is InChI=1S/C11H16N2O2.2C2H6/c1-6-7(2)13(3)12-10(6)11(15)8-4-9(14)5-8;2*1-2/h8-9,14H,4-5H2,1-3H3;2*1-2H3. The Balaban J connectivity index is 0.000000741. The predicted octanol–water partition coefficient (Wildman–Crippen LogP) is 3.04. The summed E-state index contributed by atoms with van der Waals surface area (Å²) in [6.07, 6.45) is 0.894. The minimum absolute atomic E-state index is 0.0204. The van der Waals surface area contributed by atoms with E-state index in [4.69, 9.17) is 5.11 Å². The fourth-order valence-electron chi connectivity index (χ4n) is 1.94. The van der Waals surface area contributed by atoms with Crippen LogP contribution in [0.15, 0.2) is 0 Å². The van der Waals surface area contributed by atoms with Crippen LogP contribution >= 0.6 is 0 Å². The summed E-state index contributed by atoms with van der Waals surface area (Å²) in [7, 11) is 1.84. The molecule has 1 aliphatic carbocycles. The van der Waals surface area contributed by atoms with Crippen molar-refractivity contribution in [1.29, 1.82) is 0 Å². The summed E-state index contributed by atoms with van der Waals surface area (Å²) >= 11 is 0. The lowest BCUT2D eigenvalue weighted by Gasteiger charge is -2.29. The van der Waals surface area contributed by atoms with Gasteiger partial charge >= 0.3 is 0 Å². The summed E-state index contributed by atoms with van der Waals surface area (Å²) in [5, 5.41) is 13.4. The monoisotopic (exact) mass is 268 g/mol. The molecule has 0 radical (unpaired) electrons. The molecule has 19 heavy (non-hydrogen) atoms. The Bertz CT molecular complexity index is 405. The van der Waals surface area contributed by atoms with Gasteiger partial charge in [-0.05, 0) is 26.7 Å². The van der Waals surface area contributed by atoms with Crippen LogP contribution in [0, 0.1) is 19.8 Å². The van der Waals surface area contributed by atoms with E-state index < -0.39 is 0 Å². The van der Waals surface area contributed by atoms with Gasteiger partial charge in [0.1, 0.15) is 5.69 Å². The number of rotatable bonds is 2. The van der Waals surface area contributed by atoms with Gasteiger partial charge in [-0.3, -0.25) is 9.48 Å². The van der Waals surface area contributed by atoms with Gasteiger partial charge in [0.15, 0.2) is 5.78 Å². The van der Waals surface area contributed by atoms with E-state index in [1.807, 2.05) is 48.6 Å². The van der Waals surface area contributed by atoms with Crippen molar-refractivity contribution in [3.05, 3.63) is 17.0 Å². The lowest BCUT2D eigenvalue weighted by atomic mass is 9.78. The van der Waals surface area contributed by atoms with Crippen molar-refractivity contribution >= 4 is 5.78 Å². The molecule has 1 aromatic rings. The Hall–Kier alpha value is -1.16. The number of aliphatic hydroxyl groups is 1. The van der Waals surface area contributed by atoms with Crippen molar-refractivity contribution in [2.75, 3.05) is 0 Å². The summed E-state index contributed by atoms with van der Waals surface area (Å²) in [6, 6.07) is 0. The topological polar surface area (TPSA) is 55.1 Å². The van der Waals surface area contributed by atoms with E-state index in [1.54, 1.807) is 4.68 Å². The number of aromatic nitrogens is 2. The van der Waals surface area contributed by atoms with Crippen LogP contribution in [0.4, 0.5) is 0 Å². The molecular formula is C15H28N2O2. The molecule has 0 atom stereocenters. The molecule has 0 aliphatic heterocycles. The molecule has 0 aromatic carbocycles. The van der Waals surface area contributed by atoms with Gasteiger partial charge in [-0.15, -0.1) is 0 Å². The Morgan fingerprint density at radius 3 is 2.00 bits per heavy atom. The fourth-order valence-corrected chi connectivity index (χ4v) is 1.94. The molecule has 1 aromatic heterocycles. The number of aliphatic hydroxyl groups excluding tert-OH is 1. The maximum absolute atomic E-state index is 12.0. The smallest absolute Gasteiger partial charge is 0.186 e. The summed E-state index contributed by atoms with van der Waals surface area (Å²) in [5.74, 6) is 0.0644. The Labute approximate surface area is 116 Å². The number of hydrogen-bond donors (Lipinski definition) is 1. The van der Waals surface area contributed by atoms with E-state index in [9.17, 15) is 4.79 Å². The number of aryl methyl sites for hydroxylation is 1. The molecule has 1 aliphatic rings. The zero-order chi connectivity index (χ0) is 15.2. The zero-order valence-corrected chi connectivity index (χ0v) is 13.3. The van der Waals surface area contributed by atoms with Gasteiger partial charge in [-0.25, -0.2) is 0 Å². The molecule has 0 saturated heterocycles. The lowest BCUT2D eigenvalue weighted by molar-refractivity contribution is 0.0363. The fraction of sp³-hybridized carbons (Fsp3) is 0.733. The first-order valence-electron chi connectivity index (χ1n) is 7.23. The second-order valence-electron chi connectivity index (χ2n) is 4.37. The second-order valence-corrected chi connectivity index (χ2v) is 4.37. The first-order valence-corrected chi connectivity index (χ1v) is 7.23. The van der Waals surface area contributed by atoms with E-state index in [0.29, 0.717) is 18.5 Å². The van der Waals surface area contributed by atoms with Crippen LogP contribution < -0.4 is 0 Å². The van der Waals surface area contributed by atoms with E-state index in [2.05, 4.69) is 5.10 Å². The second kappa shape index (κ2) is 8.10. The van der Waals surface area contributed by atoms with E-state index in [0.717, 1.165) is 11.3 Å². The van der Waals surface area contributed by atoms with Crippen molar-refractivity contribution in [3.63, 3.8) is 0 Å². The van der Waals surface area contributed by atoms with Crippen LogP contribution in [0.2, 0.25) is 0 Å². The van der Waals surface area contributed by atoms with Crippen LogP contribution in [-0.2, 0) is 7.05 Å². The average Bonchev–Trinajstić information content (AvgIpc) is 2.67. The van der Waals surface area contributed by atoms with Gasteiger partial charge in [0.2, 0.25) is 0 Å². The van der Waals surface area contributed by atoms with Gasteiger partial charge in [0.25, 0.3) is 0 Å². The average molecular weight is 268 g/mol. The highest BCUT2D eigenvalue weighted by Crippen LogP contribution is 2.31. The molecule has 1 N–H and O–H groups in total. The summed E-state index contributed by atoms with van der Waals surface area (Å²) in [6.45, 7) is 11.9. The van der Waals surface area contributed by atoms with Crippen LogP contribution in [0.5, 0.6) is 0 Å². The van der Waals surface area contributed by atoms with Crippen LogP contribution in [0.25, 0.3) is 0 Å². The highest BCUT2D eigenvalue weighted by Gasteiger charge is 2.35. The molecule has 0 spiro atoms. The first-order chi connectivity index (χ1) is 9.00. The molecule has 1 heterocycles. The Kier molecular flexibility index (Phi) is 7.61. The largest absolute Gasteiger partial charge is 0.393 e. The molecule has 0 bridgehead atoms. The van der Waals surface area contributed by atoms with Crippen molar-refractivity contribution in [2.45, 2.75) is 60.5 Å². The maximum atomic E-state index is 12.0. The van der Waals surface area contributed by atoms with Gasteiger partial charge in [-0.2, -0.15) is 5.10 Å². The molecule has 4 heteroatoms. The predicted molar refractivity (Wildman–Crippen MR) is 78.4 cm³/mol. The molecule has 2 rings (SSSR count). The SMILES string of the molecule is CC.CC.Cc1c(C(=O)C2CC(O)C2)nn(C)c1C. The van der Waals surface area contributed by atoms with Crippen molar-refractivity contribution < 1.29 is 9.90 Å². The molecular weight excluding hydrogens is 240 g/mol. The van der Waals surface area contributed by atoms with Crippen molar-refractivity contribution in [1.82, 2.24) is 9.78 Å². The van der Waals surface area contributed by atoms with Crippen LogP contribution in [0.1, 0.15) is 62.3 Å². The maximum Gasteiger partial charge on any atom is 0.186 e. The molecule has 0 unspecified atom stereocenters. The zero-order valence-electron chi connectivity index (χ0n) is 13.3. The third kappa shape index (κ3) is 3.90.